The highest BCUT2D eigenvalue weighted by Gasteiger charge is 2.43. The fourth-order valence-electron chi connectivity index (χ4n) is 3.40. The topological polar surface area (TPSA) is 49.4 Å². The Balaban J connectivity index is 2.05. The first-order valence-electron chi connectivity index (χ1n) is 8.62. The number of nitrogens with zero attached hydrogens (tertiary/aromatic N) is 1. The van der Waals surface area contributed by atoms with Crippen molar-refractivity contribution < 1.29 is 9.59 Å². The first-order valence-corrected chi connectivity index (χ1v) is 9.67. The van der Waals surface area contributed by atoms with Crippen LogP contribution in [0.3, 0.4) is 0 Å². The molecule has 2 amide bonds. The predicted molar refractivity (Wildman–Crippen MR) is 91.6 cm³/mol. The fourth-order valence-corrected chi connectivity index (χ4v) is 5.09. The van der Waals surface area contributed by atoms with E-state index in [2.05, 4.69) is 19.2 Å². The highest BCUT2D eigenvalue weighted by molar-refractivity contribution is 8.00. The molecule has 0 aromatic rings. The number of amides is 2. The zero-order chi connectivity index (χ0) is 16.3. The number of hydrogen-bond acceptors (Lipinski definition) is 3. The van der Waals surface area contributed by atoms with Crippen LogP contribution in [0.15, 0.2) is 0 Å². The van der Waals surface area contributed by atoms with Crippen LogP contribution >= 0.6 is 11.8 Å². The molecule has 5 heteroatoms. The van der Waals surface area contributed by atoms with E-state index in [0.717, 1.165) is 5.75 Å². The Hall–Kier alpha value is -0.710. The van der Waals surface area contributed by atoms with E-state index in [0.29, 0.717) is 11.8 Å². The Bertz CT molecular complexity index is 407. The Morgan fingerprint density at radius 3 is 2.32 bits per heavy atom. The minimum atomic E-state index is -0.296. The van der Waals surface area contributed by atoms with Crippen LogP contribution in [0.2, 0.25) is 0 Å². The summed E-state index contributed by atoms with van der Waals surface area (Å²) >= 11 is 1.80. The van der Waals surface area contributed by atoms with Crippen molar-refractivity contribution in [3.63, 3.8) is 0 Å². The van der Waals surface area contributed by atoms with E-state index in [1.54, 1.807) is 18.7 Å². The van der Waals surface area contributed by atoms with E-state index < -0.39 is 0 Å². The molecule has 0 radical (unpaired) electrons. The summed E-state index contributed by atoms with van der Waals surface area (Å²) in [7, 11) is 0. The van der Waals surface area contributed by atoms with Gasteiger partial charge in [0, 0.05) is 18.7 Å². The molecule has 3 atom stereocenters. The zero-order valence-electron chi connectivity index (χ0n) is 14.3. The van der Waals surface area contributed by atoms with Gasteiger partial charge in [-0.2, -0.15) is 0 Å². The largest absolute Gasteiger partial charge is 0.352 e. The van der Waals surface area contributed by atoms with Crippen LogP contribution in [0.1, 0.15) is 59.8 Å². The smallest absolute Gasteiger partial charge is 0.243 e. The molecule has 2 aliphatic rings. The van der Waals surface area contributed by atoms with Crippen molar-refractivity contribution in [2.24, 2.45) is 11.8 Å². The van der Waals surface area contributed by atoms with E-state index in [-0.39, 0.29) is 29.3 Å². The van der Waals surface area contributed by atoms with Crippen molar-refractivity contribution in [2.45, 2.75) is 77.3 Å². The lowest BCUT2D eigenvalue weighted by atomic mass is 9.88. The lowest BCUT2D eigenvalue weighted by Gasteiger charge is -2.35. The molecule has 2 fully saturated rings. The predicted octanol–water partition coefficient (Wildman–Crippen LogP) is 3.02. The second kappa shape index (κ2) is 7.71. The molecule has 1 saturated heterocycles. The van der Waals surface area contributed by atoms with E-state index in [9.17, 15) is 9.59 Å². The van der Waals surface area contributed by atoms with Gasteiger partial charge in [-0.3, -0.25) is 9.59 Å². The minimum absolute atomic E-state index is 0.0159. The standard InChI is InChI=1S/C17H30N2O2S/c1-11(2)12(3)18-16(21)15-10-22-17(19(15)13(4)20)14-8-6-5-7-9-14/h11-12,14-15,17H,5-10H2,1-4H3,(H,18,21). The van der Waals surface area contributed by atoms with Gasteiger partial charge in [-0.1, -0.05) is 33.1 Å². The molecule has 1 N–H and O–H groups in total. The maximum absolute atomic E-state index is 12.6. The molecule has 0 bridgehead atoms. The SMILES string of the molecule is CC(=O)N1C(C(=O)NC(C)C(C)C)CSC1C1CCCCC1. The molecule has 1 aliphatic carbocycles. The molecule has 22 heavy (non-hydrogen) atoms. The third-order valence-electron chi connectivity index (χ3n) is 5.12. The van der Waals surface area contributed by atoms with Gasteiger partial charge < -0.3 is 10.2 Å². The van der Waals surface area contributed by atoms with Gasteiger partial charge in [-0.15, -0.1) is 11.8 Å². The van der Waals surface area contributed by atoms with Crippen LogP contribution in [0.5, 0.6) is 0 Å². The van der Waals surface area contributed by atoms with Crippen LogP contribution in [0.25, 0.3) is 0 Å². The van der Waals surface area contributed by atoms with Crippen LogP contribution in [0, 0.1) is 11.8 Å². The van der Waals surface area contributed by atoms with Crippen LogP contribution in [-0.2, 0) is 9.59 Å². The van der Waals surface area contributed by atoms with Crippen molar-refractivity contribution in [2.75, 3.05) is 5.75 Å². The van der Waals surface area contributed by atoms with Gasteiger partial charge in [0.15, 0.2) is 0 Å². The van der Waals surface area contributed by atoms with Crippen LogP contribution in [0.4, 0.5) is 0 Å². The molecular formula is C17H30N2O2S. The average Bonchev–Trinajstić information content (AvgIpc) is 2.93. The quantitative estimate of drug-likeness (QED) is 0.864. The number of rotatable bonds is 4. The molecule has 1 saturated carbocycles. The zero-order valence-corrected chi connectivity index (χ0v) is 15.1. The van der Waals surface area contributed by atoms with Gasteiger partial charge in [-0.05, 0) is 31.6 Å². The highest BCUT2D eigenvalue weighted by atomic mass is 32.2. The Labute approximate surface area is 138 Å². The van der Waals surface area contributed by atoms with Crippen molar-refractivity contribution in [1.82, 2.24) is 10.2 Å². The Morgan fingerprint density at radius 2 is 1.77 bits per heavy atom. The number of nitrogens with one attached hydrogen (secondary N) is 1. The molecule has 2 rings (SSSR count). The third-order valence-corrected chi connectivity index (χ3v) is 6.59. The van der Waals surface area contributed by atoms with Crippen molar-refractivity contribution in [3.8, 4) is 0 Å². The molecule has 0 spiro atoms. The number of carbonyl (C=O) groups is 2. The molecule has 1 aliphatic heterocycles. The molecular weight excluding hydrogens is 296 g/mol. The van der Waals surface area contributed by atoms with E-state index in [1.807, 2.05) is 11.8 Å². The van der Waals surface area contributed by atoms with Gasteiger partial charge in [0.25, 0.3) is 0 Å². The Morgan fingerprint density at radius 1 is 1.14 bits per heavy atom. The highest BCUT2D eigenvalue weighted by Crippen LogP contribution is 2.40. The first-order chi connectivity index (χ1) is 10.4. The normalized spacial score (nSPS) is 28.0. The van der Waals surface area contributed by atoms with Gasteiger partial charge in [0.1, 0.15) is 6.04 Å². The number of thioether (sulfide) groups is 1. The summed E-state index contributed by atoms with van der Waals surface area (Å²) < 4.78 is 0. The van der Waals surface area contributed by atoms with Gasteiger partial charge in [0.2, 0.25) is 11.8 Å². The number of hydrogen-bond donors (Lipinski definition) is 1. The molecule has 126 valence electrons. The van der Waals surface area contributed by atoms with E-state index in [1.165, 1.54) is 32.1 Å². The molecule has 0 aromatic carbocycles. The van der Waals surface area contributed by atoms with E-state index >= 15 is 0 Å². The molecule has 0 aromatic heterocycles. The van der Waals surface area contributed by atoms with E-state index in [4.69, 9.17) is 0 Å². The summed E-state index contributed by atoms with van der Waals surface area (Å²) in [6.45, 7) is 7.83. The summed E-state index contributed by atoms with van der Waals surface area (Å²) in [6.07, 6.45) is 6.21. The maximum atomic E-state index is 12.6. The summed E-state index contributed by atoms with van der Waals surface area (Å²) in [5.74, 6) is 1.75. The van der Waals surface area contributed by atoms with Gasteiger partial charge in [-0.25, -0.2) is 0 Å². The lowest BCUT2D eigenvalue weighted by molar-refractivity contribution is -0.139. The Kier molecular flexibility index (Phi) is 6.18. The molecule has 1 heterocycles. The van der Waals surface area contributed by atoms with Crippen LogP contribution in [-0.4, -0.2) is 39.9 Å². The van der Waals surface area contributed by atoms with Gasteiger partial charge in [0.05, 0.1) is 5.37 Å². The first kappa shape index (κ1) is 17.6. The average molecular weight is 327 g/mol. The summed E-state index contributed by atoms with van der Waals surface area (Å²) in [5.41, 5.74) is 0. The number of carbonyl (C=O) groups excluding carboxylic acids is 2. The van der Waals surface area contributed by atoms with Crippen molar-refractivity contribution in [1.29, 1.82) is 0 Å². The second-order valence-electron chi connectivity index (χ2n) is 7.11. The summed E-state index contributed by atoms with van der Waals surface area (Å²) in [4.78, 5) is 26.6. The second-order valence-corrected chi connectivity index (χ2v) is 8.26. The summed E-state index contributed by atoms with van der Waals surface area (Å²) in [5, 5.41) is 3.28. The van der Waals surface area contributed by atoms with Gasteiger partial charge >= 0.3 is 0 Å². The monoisotopic (exact) mass is 326 g/mol. The third kappa shape index (κ3) is 3.98. The molecule has 3 unspecified atom stereocenters. The lowest BCUT2D eigenvalue weighted by Crippen LogP contribution is -2.52. The van der Waals surface area contributed by atoms with Crippen molar-refractivity contribution >= 4 is 23.6 Å². The van der Waals surface area contributed by atoms with Crippen LogP contribution < -0.4 is 5.32 Å². The summed E-state index contributed by atoms with van der Waals surface area (Å²) in [6, 6.07) is -0.157. The fraction of sp³-hybridized carbons (Fsp3) is 0.882. The van der Waals surface area contributed by atoms with Crippen molar-refractivity contribution in [3.05, 3.63) is 0 Å². The molecule has 4 nitrogen and oxygen atoms in total. The maximum Gasteiger partial charge on any atom is 0.243 e. The minimum Gasteiger partial charge on any atom is -0.352 e.